The fraction of sp³-hybridized carbons (Fsp3) is 0.625. The fourth-order valence-electron chi connectivity index (χ4n) is 2.97. The molecule has 0 radical (unpaired) electrons. The maximum Gasteiger partial charge on any atom is 0.0207 e. The molecule has 1 aromatic rings. The third-order valence-electron chi connectivity index (χ3n) is 4.11. The van der Waals surface area contributed by atoms with E-state index < -0.39 is 0 Å². The van der Waals surface area contributed by atoms with Gasteiger partial charge in [-0.25, -0.2) is 0 Å². The minimum absolute atomic E-state index is 0.311. The number of rotatable bonds is 5. The van der Waals surface area contributed by atoms with Crippen LogP contribution < -0.4 is 5.73 Å². The Kier molecular flexibility index (Phi) is 5.71. The maximum absolute atomic E-state index is 6.27. The number of nitrogens with two attached hydrogens (primary N) is 1. The summed E-state index contributed by atoms with van der Waals surface area (Å²) in [5, 5.41) is 0. The first kappa shape index (κ1) is 14.1. The summed E-state index contributed by atoms with van der Waals surface area (Å²) in [6.07, 6.45) is 10.7. The van der Waals surface area contributed by atoms with Crippen molar-refractivity contribution in [1.29, 1.82) is 0 Å². The van der Waals surface area contributed by atoms with Crippen molar-refractivity contribution in [1.82, 2.24) is 0 Å². The van der Waals surface area contributed by atoms with Crippen LogP contribution in [0.25, 0.3) is 0 Å². The van der Waals surface area contributed by atoms with Crippen LogP contribution in [-0.4, -0.2) is 6.04 Å². The molecule has 1 aromatic carbocycles. The van der Waals surface area contributed by atoms with E-state index in [-0.39, 0.29) is 0 Å². The lowest BCUT2D eigenvalue weighted by Gasteiger charge is -2.23. The van der Waals surface area contributed by atoms with Gasteiger partial charge in [-0.1, -0.05) is 66.2 Å². The molecule has 18 heavy (non-hydrogen) atoms. The maximum atomic E-state index is 6.27. The van der Waals surface area contributed by atoms with Gasteiger partial charge in [-0.3, -0.25) is 0 Å². The van der Waals surface area contributed by atoms with Crippen LogP contribution in [0.1, 0.15) is 50.5 Å². The lowest BCUT2D eigenvalue weighted by atomic mass is 9.85. The van der Waals surface area contributed by atoms with Crippen LogP contribution in [0.2, 0.25) is 0 Å². The van der Waals surface area contributed by atoms with Crippen molar-refractivity contribution in [2.75, 3.05) is 0 Å². The molecule has 1 atom stereocenters. The summed E-state index contributed by atoms with van der Waals surface area (Å²) < 4.78 is 1.19. The molecule has 1 saturated carbocycles. The molecule has 1 nitrogen and oxygen atoms in total. The van der Waals surface area contributed by atoms with Gasteiger partial charge < -0.3 is 5.73 Å². The molecule has 0 aromatic heterocycles. The Hall–Kier alpha value is -0.340. The van der Waals surface area contributed by atoms with Crippen LogP contribution in [0.5, 0.6) is 0 Å². The molecule has 1 unspecified atom stereocenters. The fourth-order valence-corrected chi connectivity index (χ4v) is 3.42. The van der Waals surface area contributed by atoms with E-state index in [1.165, 1.54) is 55.0 Å². The summed E-state index contributed by atoms with van der Waals surface area (Å²) in [6, 6.07) is 8.73. The Morgan fingerprint density at radius 2 is 1.89 bits per heavy atom. The van der Waals surface area contributed by atoms with Gasteiger partial charge in [0.05, 0.1) is 0 Å². The lowest BCUT2D eigenvalue weighted by molar-refractivity contribution is 0.323. The Morgan fingerprint density at radius 3 is 2.61 bits per heavy atom. The number of hydrogen-bond acceptors (Lipinski definition) is 1. The predicted octanol–water partition coefficient (Wildman–Crippen LogP) is 4.68. The van der Waals surface area contributed by atoms with Crippen molar-refractivity contribution in [3.05, 3.63) is 34.3 Å². The van der Waals surface area contributed by atoms with Gasteiger partial charge in [-0.05, 0) is 36.8 Å². The monoisotopic (exact) mass is 309 g/mol. The standard InChI is InChI=1S/C16H24BrN/c17-16-9-5-4-8-14(16)12-15(18)11-10-13-6-2-1-3-7-13/h4-5,8-9,13,15H,1-3,6-7,10-12,18H2. The third-order valence-corrected chi connectivity index (χ3v) is 4.88. The highest BCUT2D eigenvalue weighted by Crippen LogP contribution is 2.28. The van der Waals surface area contributed by atoms with E-state index >= 15 is 0 Å². The van der Waals surface area contributed by atoms with Crippen LogP contribution >= 0.6 is 15.9 Å². The molecule has 0 aliphatic heterocycles. The second kappa shape index (κ2) is 7.30. The first-order valence-electron chi connectivity index (χ1n) is 7.24. The second-order valence-electron chi connectivity index (χ2n) is 5.64. The quantitative estimate of drug-likeness (QED) is 0.839. The summed E-state index contributed by atoms with van der Waals surface area (Å²) >= 11 is 3.60. The van der Waals surface area contributed by atoms with Gasteiger partial charge in [0, 0.05) is 10.5 Å². The van der Waals surface area contributed by atoms with Crippen molar-refractivity contribution in [3.8, 4) is 0 Å². The van der Waals surface area contributed by atoms with E-state index in [0.29, 0.717) is 6.04 Å². The lowest BCUT2D eigenvalue weighted by Crippen LogP contribution is -2.24. The molecular formula is C16H24BrN. The highest BCUT2D eigenvalue weighted by Gasteiger charge is 2.15. The molecule has 2 rings (SSSR count). The molecule has 2 N–H and O–H groups in total. The molecule has 1 aliphatic carbocycles. The number of benzene rings is 1. The molecule has 0 bridgehead atoms. The van der Waals surface area contributed by atoms with Gasteiger partial charge >= 0.3 is 0 Å². The SMILES string of the molecule is NC(CCC1CCCCC1)Cc1ccccc1Br. The number of hydrogen-bond donors (Lipinski definition) is 1. The third kappa shape index (κ3) is 4.40. The minimum Gasteiger partial charge on any atom is -0.327 e. The van der Waals surface area contributed by atoms with E-state index in [1.54, 1.807) is 0 Å². The van der Waals surface area contributed by atoms with E-state index in [0.717, 1.165) is 12.3 Å². The highest BCUT2D eigenvalue weighted by atomic mass is 79.9. The highest BCUT2D eigenvalue weighted by molar-refractivity contribution is 9.10. The average Bonchev–Trinajstić information content (AvgIpc) is 2.40. The van der Waals surface area contributed by atoms with Crippen molar-refractivity contribution >= 4 is 15.9 Å². The Morgan fingerprint density at radius 1 is 1.17 bits per heavy atom. The van der Waals surface area contributed by atoms with Crippen LogP contribution in [-0.2, 0) is 6.42 Å². The van der Waals surface area contributed by atoms with E-state index in [4.69, 9.17) is 5.73 Å². The zero-order chi connectivity index (χ0) is 12.8. The molecule has 1 fully saturated rings. The molecule has 0 amide bonds. The van der Waals surface area contributed by atoms with Crippen LogP contribution in [0, 0.1) is 5.92 Å². The minimum atomic E-state index is 0.311. The zero-order valence-electron chi connectivity index (χ0n) is 11.1. The van der Waals surface area contributed by atoms with Gasteiger partial charge in [0.1, 0.15) is 0 Å². The van der Waals surface area contributed by atoms with E-state index in [2.05, 4.69) is 40.2 Å². The van der Waals surface area contributed by atoms with Crippen LogP contribution in [0.4, 0.5) is 0 Å². The molecule has 1 aliphatic rings. The zero-order valence-corrected chi connectivity index (χ0v) is 12.7. The molecule has 0 spiro atoms. The number of halogens is 1. The summed E-state index contributed by atoms with van der Waals surface area (Å²) in [4.78, 5) is 0. The Balaban J connectivity index is 1.74. The predicted molar refractivity (Wildman–Crippen MR) is 81.6 cm³/mol. The largest absolute Gasteiger partial charge is 0.327 e. The smallest absolute Gasteiger partial charge is 0.0207 e. The van der Waals surface area contributed by atoms with Crippen molar-refractivity contribution < 1.29 is 0 Å². The van der Waals surface area contributed by atoms with Crippen molar-refractivity contribution in [2.24, 2.45) is 11.7 Å². The Bertz CT molecular complexity index is 358. The van der Waals surface area contributed by atoms with Crippen molar-refractivity contribution in [2.45, 2.75) is 57.4 Å². The van der Waals surface area contributed by atoms with Crippen LogP contribution in [0.3, 0.4) is 0 Å². The second-order valence-corrected chi connectivity index (χ2v) is 6.49. The van der Waals surface area contributed by atoms with Gasteiger partial charge in [0.2, 0.25) is 0 Å². The van der Waals surface area contributed by atoms with E-state index in [1.807, 2.05) is 0 Å². The van der Waals surface area contributed by atoms with Gasteiger partial charge in [-0.2, -0.15) is 0 Å². The first-order valence-corrected chi connectivity index (χ1v) is 8.04. The van der Waals surface area contributed by atoms with Gasteiger partial charge in [-0.15, -0.1) is 0 Å². The summed E-state index contributed by atoms with van der Waals surface area (Å²) in [6.45, 7) is 0. The van der Waals surface area contributed by atoms with Crippen LogP contribution in [0.15, 0.2) is 28.7 Å². The average molecular weight is 310 g/mol. The summed E-state index contributed by atoms with van der Waals surface area (Å²) in [7, 11) is 0. The van der Waals surface area contributed by atoms with Gasteiger partial charge in [0.15, 0.2) is 0 Å². The molecule has 0 saturated heterocycles. The molecule has 0 heterocycles. The summed E-state index contributed by atoms with van der Waals surface area (Å²) in [5.74, 6) is 0.948. The molecule has 100 valence electrons. The Labute approximate surface area is 119 Å². The first-order chi connectivity index (χ1) is 8.75. The topological polar surface area (TPSA) is 26.0 Å². The normalized spacial score (nSPS) is 18.8. The molecule has 2 heteroatoms. The molecular weight excluding hydrogens is 286 g/mol. The summed E-state index contributed by atoms with van der Waals surface area (Å²) in [5.41, 5.74) is 7.61. The van der Waals surface area contributed by atoms with Crippen molar-refractivity contribution in [3.63, 3.8) is 0 Å². The van der Waals surface area contributed by atoms with E-state index in [9.17, 15) is 0 Å². The van der Waals surface area contributed by atoms with Gasteiger partial charge in [0.25, 0.3) is 0 Å².